The van der Waals surface area contributed by atoms with Gasteiger partial charge in [0.15, 0.2) is 0 Å². The van der Waals surface area contributed by atoms with Crippen LogP contribution in [0.15, 0.2) is 42.9 Å². The molecule has 0 aliphatic carbocycles. The Morgan fingerprint density at radius 3 is 2.71 bits per heavy atom. The van der Waals surface area contributed by atoms with E-state index in [0.717, 1.165) is 11.1 Å². The average Bonchev–Trinajstić information content (AvgIpc) is 2.29. The van der Waals surface area contributed by atoms with Crippen LogP contribution in [-0.4, -0.2) is 10.8 Å². The number of hydrogen-bond acceptors (Lipinski definition) is 2. The molecule has 1 N–H and O–H groups in total. The van der Waals surface area contributed by atoms with E-state index in [2.05, 4.69) is 5.32 Å². The molecule has 1 aromatic carbocycles. The van der Waals surface area contributed by atoms with Crippen molar-refractivity contribution in [1.82, 2.24) is 10.2 Å². The van der Waals surface area contributed by atoms with Crippen molar-refractivity contribution in [2.75, 3.05) is 0 Å². The highest BCUT2D eigenvalue weighted by atomic mass is 35.5. The fourth-order valence-electron chi connectivity index (χ4n) is 2.02. The number of nitrogens with one attached hydrogen (secondary N) is 1. The highest BCUT2D eigenvalue weighted by Crippen LogP contribution is 2.31. The summed E-state index contributed by atoms with van der Waals surface area (Å²) < 4.78 is 0. The largest absolute Gasteiger partial charge is 0.336 e. The molecule has 5 heteroatoms. The lowest BCUT2D eigenvalue weighted by molar-refractivity contribution is -0.124. The van der Waals surface area contributed by atoms with Crippen LogP contribution in [0.5, 0.6) is 0 Å². The number of hydrogen-bond donors (Lipinski definition) is 1. The summed E-state index contributed by atoms with van der Waals surface area (Å²) in [5, 5.41) is 2.73. The van der Waals surface area contributed by atoms with E-state index >= 15 is 0 Å². The second-order valence-electron chi connectivity index (χ2n) is 3.62. The van der Waals surface area contributed by atoms with Crippen molar-refractivity contribution in [1.29, 1.82) is 0 Å². The molecular weight excluding hydrogens is 259 g/mol. The minimum atomic E-state index is -0.212. The molecule has 90 valence electrons. The molecule has 2 heterocycles. The van der Waals surface area contributed by atoms with Crippen molar-refractivity contribution in [3.8, 4) is 0 Å². The summed E-state index contributed by atoms with van der Waals surface area (Å²) in [6, 6.07) is 7.75. The van der Waals surface area contributed by atoms with Gasteiger partial charge < -0.3 is 10.2 Å². The average molecular weight is 271 g/mol. The van der Waals surface area contributed by atoms with Gasteiger partial charge in [-0.05, 0) is 17.2 Å². The number of fused-ring (bicyclic) bond motifs is 3. The summed E-state index contributed by atoms with van der Waals surface area (Å²) in [6.45, 7) is 0. The fourth-order valence-corrected chi connectivity index (χ4v) is 2.02. The van der Waals surface area contributed by atoms with E-state index in [1.807, 2.05) is 47.6 Å². The van der Waals surface area contributed by atoms with Crippen LogP contribution in [0, 0.1) is 0 Å². The minimum Gasteiger partial charge on any atom is -0.336 e. The first-order chi connectivity index (χ1) is 7.36. The predicted octanol–water partition coefficient (Wildman–Crippen LogP) is 2.46. The molecule has 2 aliphatic heterocycles. The van der Waals surface area contributed by atoms with Gasteiger partial charge in [0.2, 0.25) is 0 Å². The van der Waals surface area contributed by atoms with Gasteiger partial charge in [-0.3, -0.25) is 4.79 Å². The molecule has 1 atom stereocenters. The Balaban J connectivity index is 0.000000722. The number of benzene rings is 1. The zero-order valence-electron chi connectivity index (χ0n) is 8.87. The molecule has 3 rings (SSSR count). The molecule has 0 spiro atoms. The Kier molecular flexibility index (Phi) is 4.21. The molecule has 1 aromatic rings. The topological polar surface area (TPSA) is 32.3 Å². The molecular formula is C12H12Cl2N2O. The van der Waals surface area contributed by atoms with Crippen LogP contribution in [0.3, 0.4) is 0 Å². The summed E-state index contributed by atoms with van der Waals surface area (Å²) in [4.78, 5) is 13.7. The van der Waals surface area contributed by atoms with Gasteiger partial charge in [-0.25, -0.2) is 0 Å². The van der Waals surface area contributed by atoms with Crippen molar-refractivity contribution in [3.63, 3.8) is 0 Å². The summed E-state index contributed by atoms with van der Waals surface area (Å²) in [5.41, 5.74) is 2.17. The number of carbonyl (C=O) groups excluding carboxylic acids is 1. The van der Waals surface area contributed by atoms with Gasteiger partial charge in [0.25, 0.3) is 5.91 Å². The van der Waals surface area contributed by atoms with Gasteiger partial charge >= 0.3 is 0 Å². The SMILES string of the molecule is Cl.Cl.O=C1NC=CN2C=Cc3ccccc3C12. The van der Waals surface area contributed by atoms with Crippen LogP contribution in [0.4, 0.5) is 0 Å². The molecule has 3 nitrogen and oxygen atoms in total. The Bertz CT molecular complexity index is 485. The van der Waals surface area contributed by atoms with Gasteiger partial charge in [-0.15, -0.1) is 24.8 Å². The van der Waals surface area contributed by atoms with Gasteiger partial charge in [0.1, 0.15) is 6.04 Å². The van der Waals surface area contributed by atoms with E-state index in [9.17, 15) is 4.79 Å². The van der Waals surface area contributed by atoms with E-state index < -0.39 is 0 Å². The van der Waals surface area contributed by atoms with Gasteiger partial charge in [-0.1, -0.05) is 24.3 Å². The van der Waals surface area contributed by atoms with Crippen molar-refractivity contribution in [2.24, 2.45) is 0 Å². The maximum atomic E-state index is 11.8. The molecule has 1 unspecified atom stereocenters. The summed E-state index contributed by atoms with van der Waals surface area (Å²) in [7, 11) is 0. The molecule has 0 radical (unpaired) electrons. The lowest BCUT2D eigenvalue weighted by Gasteiger charge is -2.33. The zero-order valence-corrected chi connectivity index (χ0v) is 10.5. The van der Waals surface area contributed by atoms with Crippen LogP contribution in [0.1, 0.15) is 17.2 Å². The first kappa shape index (κ1) is 13.6. The number of carbonyl (C=O) groups is 1. The van der Waals surface area contributed by atoms with Crippen molar-refractivity contribution < 1.29 is 4.79 Å². The van der Waals surface area contributed by atoms with E-state index in [4.69, 9.17) is 0 Å². The van der Waals surface area contributed by atoms with Gasteiger partial charge in [0.05, 0.1) is 0 Å². The number of halogens is 2. The quantitative estimate of drug-likeness (QED) is 0.786. The molecule has 17 heavy (non-hydrogen) atoms. The Morgan fingerprint density at radius 1 is 1.12 bits per heavy atom. The second kappa shape index (κ2) is 5.25. The Hall–Kier alpha value is -1.45. The third-order valence-corrected chi connectivity index (χ3v) is 2.74. The van der Waals surface area contributed by atoms with E-state index in [0.29, 0.717) is 0 Å². The molecule has 0 fully saturated rings. The van der Waals surface area contributed by atoms with Gasteiger partial charge in [-0.2, -0.15) is 0 Å². The highest BCUT2D eigenvalue weighted by Gasteiger charge is 2.30. The van der Waals surface area contributed by atoms with Crippen LogP contribution >= 0.6 is 24.8 Å². The van der Waals surface area contributed by atoms with Crippen LogP contribution in [-0.2, 0) is 4.79 Å². The predicted molar refractivity (Wildman–Crippen MR) is 71.8 cm³/mol. The Morgan fingerprint density at radius 2 is 1.88 bits per heavy atom. The van der Waals surface area contributed by atoms with Crippen LogP contribution in [0.2, 0.25) is 0 Å². The third-order valence-electron chi connectivity index (χ3n) is 2.74. The maximum absolute atomic E-state index is 11.8. The molecule has 1 amide bonds. The standard InChI is InChI=1S/C12H10N2O.2ClH/c15-12-11-10-4-2-1-3-9(10)5-7-14(11)8-6-13-12;;/h1-8,11H,(H,13,15);2*1H. The van der Waals surface area contributed by atoms with E-state index in [1.54, 1.807) is 6.20 Å². The summed E-state index contributed by atoms with van der Waals surface area (Å²) >= 11 is 0. The van der Waals surface area contributed by atoms with Crippen molar-refractivity contribution in [3.05, 3.63) is 54.0 Å². The van der Waals surface area contributed by atoms with Gasteiger partial charge in [0, 0.05) is 18.6 Å². The van der Waals surface area contributed by atoms with E-state index in [-0.39, 0.29) is 36.8 Å². The second-order valence-corrected chi connectivity index (χ2v) is 3.62. The molecule has 0 bridgehead atoms. The Labute approximate surface area is 112 Å². The van der Waals surface area contributed by atoms with Crippen molar-refractivity contribution in [2.45, 2.75) is 6.04 Å². The van der Waals surface area contributed by atoms with Crippen LogP contribution in [0.25, 0.3) is 6.08 Å². The summed E-state index contributed by atoms with van der Waals surface area (Å²) in [6.07, 6.45) is 7.49. The fraction of sp³-hybridized carbons (Fsp3) is 0.0833. The lowest BCUT2D eigenvalue weighted by Crippen LogP contribution is -2.39. The first-order valence-electron chi connectivity index (χ1n) is 4.88. The number of amides is 1. The number of rotatable bonds is 0. The molecule has 0 saturated heterocycles. The van der Waals surface area contributed by atoms with Crippen molar-refractivity contribution >= 4 is 36.8 Å². The normalized spacial score (nSPS) is 19.4. The number of nitrogens with zero attached hydrogens (tertiary/aromatic N) is 1. The van der Waals surface area contributed by atoms with Crippen LogP contribution < -0.4 is 5.32 Å². The monoisotopic (exact) mass is 270 g/mol. The summed E-state index contributed by atoms with van der Waals surface area (Å²) in [5.74, 6) is 0.0225. The highest BCUT2D eigenvalue weighted by molar-refractivity contribution is 5.87. The molecule has 2 aliphatic rings. The zero-order chi connectivity index (χ0) is 10.3. The first-order valence-corrected chi connectivity index (χ1v) is 4.88. The third kappa shape index (κ3) is 2.16. The lowest BCUT2D eigenvalue weighted by atomic mass is 9.95. The molecule has 0 saturated carbocycles. The molecule has 0 aromatic heterocycles. The van der Waals surface area contributed by atoms with E-state index in [1.165, 1.54) is 0 Å². The maximum Gasteiger partial charge on any atom is 0.251 e. The minimum absolute atomic E-state index is 0. The smallest absolute Gasteiger partial charge is 0.251 e.